The zero-order chi connectivity index (χ0) is 14.0. The van der Waals surface area contributed by atoms with Gasteiger partial charge in [-0.2, -0.15) is 0 Å². The molecule has 0 aliphatic carbocycles. The van der Waals surface area contributed by atoms with Gasteiger partial charge < -0.3 is 5.32 Å². The second-order valence-electron chi connectivity index (χ2n) is 4.13. The van der Waals surface area contributed by atoms with Crippen LogP contribution in [0.5, 0.6) is 0 Å². The zero-order valence-electron chi connectivity index (χ0n) is 10.1. The van der Waals surface area contributed by atoms with Gasteiger partial charge >= 0.3 is 0 Å². The third-order valence-corrected chi connectivity index (χ3v) is 3.33. The topological polar surface area (TPSA) is 12.0 Å². The first-order valence-corrected chi connectivity index (χ1v) is 6.40. The van der Waals surface area contributed by atoms with Crippen molar-refractivity contribution >= 4 is 28.9 Å². The van der Waals surface area contributed by atoms with Crippen molar-refractivity contribution in [2.45, 2.75) is 13.0 Å². The maximum Gasteiger partial charge on any atom is 0.149 e. The molecule has 0 heterocycles. The number of halogens is 4. The van der Waals surface area contributed by atoms with Gasteiger partial charge in [0.25, 0.3) is 0 Å². The van der Waals surface area contributed by atoms with Gasteiger partial charge in [0, 0.05) is 10.0 Å². The van der Waals surface area contributed by atoms with Crippen molar-refractivity contribution in [3.8, 4) is 0 Å². The third-order valence-electron chi connectivity index (χ3n) is 2.75. The lowest BCUT2D eigenvalue weighted by atomic mass is 10.1. The average Bonchev–Trinajstić information content (AvgIpc) is 2.37. The first-order chi connectivity index (χ1) is 8.99. The second-order valence-corrected chi connectivity index (χ2v) is 4.97. The van der Waals surface area contributed by atoms with E-state index >= 15 is 0 Å². The minimum atomic E-state index is -0.648. The molecule has 1 atom stereocenters. The third kappa shape index (κ3) is 3.17. The Morgan fingerprint density at radius 1 is 1.05 bits per heavy atom. The van der Waals surface area contributed by atoms with Crippen LogP contribution in [0.4, 0.5) is 14.5 Å². The molecule has 0 fully saturated rings. The molecule has 0 aliphatic rings. The van der Waals surface area contributed by atoms with Gasteiger partial charge in [0.15, 0.2) is 0 Å². The number of hydrogen-bond donors (Lipinski definition) is 1. The van der Waals surface area contributed by atoms with E-state index in [1.807, 2.05) is 0 Å². The number of rotatable bonds is 3. The Hall–Kier alpha value is -1.32. The van der Waals surface area contributed by atoms with Crippen LogP contribution >= 0.6 is 23.2 Å². The summed E-state index contributed by atoms with van der Waals surface area (Å²) in [7, 11) is 0. The Bertz CT molecular complexity index is 582. The van der Waals surface area contributed by atoms with Crippen LogP contribution in [-0.4, -0.2) is 0 Å². The molecule has 2 rings (SSSR count). The molecule has 0 saturated carbocycles. The normalized spacial score (nSPS) is 12.3. The highest BCUT2D eigenvalue weighted by Gasteiger charge is 2.15. The predicted octanol–water partition coefficient (Wildman–Crippen LogP) is 5.44. The standard InChI is InChI=1S/C14H11Cl2F2N/c1-8(10-7-9(15)5-6-11(10)16)19-14-12(17)3-2-4-13(14)18/h2-8,19H,1H3. The number of anilines is 1. The molecule has 2 aromatic carbocycles. The first-order valence-electron chi connectivity index (χ1n) is 5.64. The van der Waals surface area contributed by atoms with Crippen LogP contribution in [0.1, 0.15) is 18.5 Å². The van der Waals surface area contributed by atoms with Gasteiger partial charge in [-0.15, -0.1) is 0 Å². The van der Waals surface area contributed by atoms with E-state index in [1.165, 1.54) is 18.2 Å². The molecule has 5 heteroatoms. The summed E-state index contributed by atoms with van der Waals surface area (Å²) in [6.45, 7) is 1.75. The molecule has 1 N–H and O–H groups in total. The van der Waals surface area contributed by atoms with Gasteiger partial charge in [-0.1, -0.05) is 29.3 Å². The smallest absolute Gasteiger partial charge is 0.149 e. The molecule has 0 aliphatic heterocycles. The Balaban J connectivity index is 2.31. The van der Waals surface area contributed by atoms with Crippen molar-refractivity contribution in [3.63, 3.8) is 0 Å². The summed E-state index contributed by atoms with van der Waals surface area (Å²) in [6.07, 6.45) is 0. The van der Waals surface area contributed by atoms with E-state index < -0.39 is 11.6 Å². The Kier molecular flexibility index (Phi) is 4.27. The lowest BCUT2D eigenvalue weighted by molar-refractivity contribution is 0.584. The number of para-hydroxylation sites is 1. The highest BCUT2D eigenvalue weighted by molar-refractivity contribution is 6.33. The Morgan fingerprint density at radius 2 is 1.68 bits per heavy atom. The van der Waals surface area contributed by atoms with E-state index in [1.54, 1.807) is 25.1 Å². The summed E-state index contributed by atoms with van der Waals surface area (Å²) >= 11 is 11.9. The predicted molar refractivity (Wildman–Crippen MR) is 74.9 cm³/mol. The van der Waals surface area contributed by atoms with Crippen LogP contribution in [0, 0.1) is 11.6 Å². The largest absolute Gasteiger partial charge is 0.374 e. The summed E-state index contributed by atoms with van der Waals surface area (Å²) in [4.78, 5) is 0. The molecule has 0 amide bonds. The van der Waals surface area contributed by atoms with Gasteiger partial charge in [0.2, 0.25) is 0 Å². The van der Waals surface area contributed by atoms with Crippen molar-refractivity contribution in [3.05, 3.63) is 63.6 Å². The van der Waals surface area contributed by atoms with Gasteiger partial charge in [0.05, 0.1) is 6.04 Å². The quantitative estimate of drug-likeness (QED) is 0.795. The highest BCUT2D eigenvalue weighted by Crippen LogP contribution is 2.30. The van der Waals surface area contributed by atoms with Crippen molar-refractivity contribution in [1.29, 1.82) is 0 Å². The van der Waals surface area contributed by atoms with E-state index in [2.05, 4.69) is 5.32 Å². The monoisotopic (exact) mass is 301 g/mol. The van der Waals surface area contributed by atoms with E-state index in [4.69, 9.17) is 23.2 Å². The SMILES string of the molecule is CC(Nc1c(F)cccc1F)c1cc(Cl)ccc1Cl. The number of benzene rings is 2. The van der Waals surface area contributed by atoms with E-state index in [-0.39, 0.29) is 11.7 Å². The Labute approximate surface area is 120 Å². The molecule has 0 saturated heterocycles. The summed E-state index contributed by atoms with van der Waals surface area (Å²) in [5.41, 5.74) is 0.503. The van der Waals surface area contributed by atoms with Crippen molar-refractivity contribution in [2.75, 3.05) is 5.32 Å². The van der Waals surface area contributed by atoms with Gasteiger partial charge in [-0.3, -0.25) is 0 Å². The summed E-state index contributed by atoms with van der Waals surface area (Å²) in [6, 6.07) is 8.29. The molecular formula is C14H11Cl2F2N. The van der Waals surface area contributed by atoms with Crippen molar-refractivity contribution in [2.24, 2.45) is 0 Å². The molecule has 19 heavy (non-hydrogen) atoms. The van der Waals surface area contributed by atoms with E-state index in [0.717, 1.165) is 0 Å². The van der Waals surface area contributed by atoms with Crippen LogP contribution in [0.15, 0.2) is 36.4 Å². The maximum atomic E-state index is 13.5. The van der Waals surface area contributed by atoms with Crippen LogP contribution in [-0.2, 0) is 0 Å². The summed E-state index contributed by atoms with van der Waals surface area (Å²) in [5.74, 6) is -1.30. The number of nitrogens with one attached hydrogen (secondary N) is 1. The van der Waals surface area contributed by atoms with Crippen LogP contribution in [0.3, 0.4) is 0 Å². The molecule has 0 spiro atoms. The highest BCUT2D eigenvalue weighted by atomic mass is 35.5. The summed E-state index contributed by atoms with van der Waals surface area (Å²) < 4.78 is 27.1. The first kappa shape index (κ1) is 14.1. The zero-order valence-corrected chi connectivity index (χ0v) is 11.6. The molecule has 2 aromatic rings. The average molecular weight is 302 g/mol. The van der Waals surface area contributed by atoms with E-state index in [0.29, 0.717) is 15.6 Å². The van der Waals surface area contributed by atoms with Crippen molar-refractivity contribution in [1.82, 2.24) is 0 Å². The Morgan fingerprint density at radius 3 is 2.32 bits per heavy atom. The van der Waals surface area contributed by atoms with Gasteiger partial charge in [0.1, 0.15) is 17.3 Å². The lowest BCUT2D eigenvalue weighted by Crippen LogP contribution is -2.10. The van der Waals surface area contributed by atoms with Gasteiger partial charge in [-0.05, 0) is 42.8 Å². The van der Waals surface area contributed by atoms with E-state index in [9.17, 15) is 8.78 Å². The summed E-state index contributed by atoms with van der Waals surface area (Å²) in [5, 5.41) is 3.77. The molecule has 100 valence electrons. The fourth-order valence-corrected chi connectivity index (χ4v) is 2.24. The maximum absolute atomic E-state index is 13.5. The molecule has 0 aromatic heterocycles. The lowest BCUT2D eigenvalue weighted by Gasteiger charge is -2.18. The molecule has 1 unspecified atom stereocenters. The van der Waals surface area contributed by atoms with Crippen LogP contribution in [0.25, 0.3) is 0 Å². The number of hydrogen-bond acceptors (Lipinski definition) is 1. The van der Waals surface area contributed by atoms with Crippen LogP contribution < -0.4 is 5.32 Å². The fourth-order valence-electron chi connectivity index (χ4n) is 1.78. The second kappa shape index (κ2) is 5.76. The van der Waals surface area contributed by atoms with Crippen LogP contribution in [0.2, 0.25) is 10.0 Å². The van der Waals surface area contributed by atoms with Crippen molar-refractivity contribution < 1.29 is 8.78 Å². The molecule has 0 radical (unpaired) electrons. The minimum Gasteiger partial charge on any atom is -0.374 e. The molecule has 1 nitrogen and oxygen atoms in total. The molecular weight excluding hydrogens is 291 g/mol. The minimum absolute atomic E-state index is 0.175. The molecule has 0 bridgehead atoms. The fraction of sp³-hybridized carbons (Fsp3) is 0.143. The van der Waals surface area contributed by atoms with Gasteiger partial charge in [-0.25, -0.2) is 8.78 Å².